The van der Waals surface area contributed by atoms with Crippen LogP contribution in [0.2, 0.25) is 0 Å². The van der Waals surface area contributed by atoms with Gasteiger partial charge < -0.3 is 4.74 Å². The summed E-state index contributed by atoms with van der Waals surface area (Å²) in [6.45, 7) is 0. The summed E-state index contributed by atoms with van der Waals surface area (Å²) in [5.41, 5.74) is 0.604. The third-order valence-electron chi connectivity index (χ3n) is 1.71. The first kappa shape index (κ1) is 10.5. The third-order valence-corrected chi connectivity index (χ3v) is 1.71. The van der Waals surface area contributed by atoms with Gasteiger partial charge in [-0.2, -0.15) is 0 Å². The maximum absolute atomic E-state index is 11.9. The predicted molar refractivity (Wildman–Crippen MR) is 48.0 cm³/mol. The molecule has 0 saturated carbocycles. The second-order valence-corrected chi connectivity index (χ2v) is 2.88. The minimum atomic E-state index is -4.75. The quantitative estimate of drug-likeness (QED) is 0.792. The van der Waals surface area contributed by atoms with Crippen LogP contribution in [-0.2, 0) is 0 Å². The summed E-state index contributed by atoms with van der Waals surface area (Å²) in [6, 6.07) is 8.63. The van der Waals surface area contributed by atoms with E-state index in [1.54, 1.807) is 30.3 Å². The van der Waals surface area contributed by atoms with Crippen molar-refractivity contribution in [3.63, 3.8) is 0 Å². The lowest BCUT2D eigenvalue weighted by Gasteiger charge is -2.03. The Morgan fingerprint density at radius 2 is 1.81 bits per heavy atom. The van der Waals surface area contributed by atoms with Gasteiger partial charge in [0.25, 0.3) is 5.88 Å². The molecule has 1 heterocycles. The fourth-order valence-corrected chi connectivity index (χ4v) is 1.12. The van der Waals surface area contributed by atoms with Gasteiger partial charge in [0.15, 0.2) is 0 Å². The molecule has 0 fully saturated rings. The van der Waals surface area contributed by atoms with Crippen molar-refractivity contribution >= 4 is 0 Å². The van der Waals surface area contributed by atoms with Crippen molar-refractivity contribution < 1.29 is 17.9 Å². The predicted octanol–water partition coefficient (Wildman–Crippen LogP) is 2.17. The molecule has 0 N–H and O–H groups in total. The standard InChI is InChI=1S/C9H6F3N3O/c10-9(11,12)16-8-6-15(14-13-8)7-4-2-1-3-5-7/h1-6H. The topological polar surface area (TPSA) is 39.9 Å². The Balaban J connectivity index is 2.21. The Bertz CT molecular complexity index is 466. The highest BCUT2D eigenvalue weighted by Crippen LogP contribution is 2.20. The summed E-state index contributed by atoms with van der Waals surface area (Å²) in [5, 5.41) is 6.76. The molecule has 0 bridgehead atoms. The zero-order chi connectivity index (χ0) is 11.6. The van der Waals surface area contributed by atoms with Gasteiger partial charge in [0.1, 0.15) is 0 Å². The Morgan fingerprint density at radius 3 is 2.44 bits per heavy atom. The highest BCUT2D eigenvalue weighted by Gasteiger charge is 2.32. The number of hydrogen-bond acceptors (Lipinski definition) is 3. The van der Waals surface area contributed by atoms with Gasteiger partial charge in [-0.25, -0.2) is 4.68 Å². The molecule has 0 radical (unpaired) electrons. The van der Waals surface area contributed by atoms with Crippen LogP contribution < -0.4 is 4.74 Å². The number of rotatable bonds is 2. The summed E-state index contributed by atoms with van der Waals surface area (Å²) in [7, 11) is 0. The second kappa shape index (κ2) is 3.84. The molecule has 0 atom stereocenters. The van der Waals surface area contributed by atoms with Gasteiger partial charge in [-0.1, -0.05) is 28.5 Å². The van der Waals surface area contributed by atoms with E-state index in [-0.39, 0.29) is 0 Å². The number of benzene rings is 1. The van der Waals surface area contributed by atoms with Crippen molar-refractivity contribution in [3.05, 3.63) is 36.5 Å². The van der Waals surface area contributed by atoms with Crippen LogP contribution in [0.1, 0.15) is 0 Å². The minimum Gasteiger partial charge on any atom is -0.384 e. The van der Waals surface area contributed by atoms with E-state index < -0.39 is 12.2 Å². The van der Waals surface area contributed by atoms with Gasteiger partial charge in [0, 0.05) is 0 Å². The number of halogens is 3. The summed E-state index contributed by atoms with van der Waals surface area (Å²) in [4.78, 5) is 0. The molecule has 1 aromatic carbocycles. The number of alkyl halides is 3. The fourth-order valence-electron chi connectivity index (χ4n) is 1.12. The van der Waals surface area contributed by atoms with Gasteiger partial charge >= 0.3 is 6.36 Å². The zero-order valence-corrected chi connectivity index (χ0v) is 7.85. The lowest BCUT2D eigenvalue weighted by Crippen LogP contribution is -2.17. The molecule has 0 spiro atoms. The molecule has 0 unspecified atom stereocenters. The average molecular weight is 229 g/mol. The van der Waals surface area contributed by atoms with Crippen LogP contribution in [0.15, 0.2) is 36.5 Å². The van der Waals surface area contributed by atoms with Crippen LogP contribution >= 0.6 is 0 Å². The number of nitrogens with zero attached hydrogens (tertiary/aromatic N) is 3. The molecule has 1 aromatic heterocycles. The summed E-state index contributed by atoms with van der Waals surface area (Å²) in [5.74, 6) is -0.587. The molecule has 7 heteroatoms. The van der Waals surface area contributed by atoms with Gasteiger partial charge in [-0.05, 0) is 12.1 Å². The van der Waals surface area contributed by atoms with E-state index in [1.165, 1.54) is 4.68 Å². The van der Waals surface area contributed by atoms with Crippen LogP contribution in [-0.4, -0.2) is 21.4 Å². The number of para-hydroxylation sites is 1. The molecule has 0 saturated heterocycles. The van der Waals surface area contributed by atoms with Crippen LogP contribution in [0, 0.1) is 0 Å². The molecule has 0 amide bonds. The molecular formula is C9H6F3N3O. The largest absolute Gasteiger partial charge is 0.574 e. The SMILES string of the molecule is FC(F)(F)Oc1cn(-c2ccccc2)nn1. The third kappa shape index (κ3) is 2.50. The summed E-state index contributed by atoms with van der Waals surface area (Å²) in [6.07, 6.45) is -3.69. The Labute approximate surface area is 88.3 Å². The molecule has 2 rings (SSSR count). The number of aromatic nitrogens is 3. The molecule has 84 valence electrons. The first-order valence-electron chi connectivity index (χ1n) is 4.28. The monoisotopic (exact) mass is 229 g/mol. The van der Waals surface area contributed by atoms with Crippen LogP contribution in [0.5, 0.6) is 5.88 Å². The molecule has 2 aromatic rings. The molecule has 0 aliphatic carbocycles. The van der Waals surface area contributed by atoms with Crippen LogP contribution in [0.3, 0.4) is 0 Å². The van der Waals surface area contributed by atoms with Gasteiger partial charge in [-0.3, -0.25) is 0 Å². The van der Waals surface area contributed by atoms with Gasteiger partial charge in [0.05, 0.1) is 11.9 Å². The van der Waals surface area contributed by atoms with Crippen molar-refractivity contribution in [2.75, 3.05) is 0 Å². The highest BCUT2D eigenvalue weighted by molar-refractivity contribution is 5.30. The van der Waals surface area contributed by atoms with E-state index >= 15 is 0 Å². The maximum atomic E-state index is 11.9. The first-order chi connectivity index (χ1) is 7.54. The minimum absolute atomic E-state index is 0.587. The molecule has 4 nitrogen and oxygen atoms in total. The lowest BCUT2D eigenvalue weighted by atomic mass is 10.3. The number of ether oxygens (including phenoxy) is 1. The second-order valence-electron chi connectivity index (χ2n) is 2.88. The van der Waals surface area contributed by atoms with Crippen molar-refractivity contribution in [1.29, 1.82) is 0 Å². The van der Waals surface area contributed by atoms with E-state index in [9.17, 15) is 13.2 Å². The van der Waals surface area contributed by atoms with Crippen molar-refractivity contribution in [2.45, 2.75) is 6.36 Å². The highest BCUT2D eigenvalue weighted by atomic mass is 19.4. The van der Waals surface area contributed by atoms with Crippen LogP contribution in [0.25, 0.3) is 5.69 Å². The fraction of sp³-hybridized carbons (Fsp3) is 0.111. The summed E-state index contributed by atoms with van der Waals surface area (Å²) < 4.78 is 40.4. The molecular weight excluding hydrogens is 223 g/mol. The Morgan fingerprint density at radius 1 is 1.12 bits per heavy atom. The number of hydrogen-bond donors (Lipinski definition) is 0. The van der Waals surface area contributed by atoms with E-state index in [1.807, 2.05) is 0 Å². The van der Waals surface area contributed by atoms with Gasteiger partial charge in [0.2, 0.25) is 0 Å². The molecule has 0 aliphatic heterocycles. The molecule has 16 heavy (non-hydrogen) atoms. The van der Waals surface area contributed by atoms with E-state index in [4.69, 9.17) is 0 Å². The summed E-state index contributed by atoms with van der Waals surface area (Å²) >= 11 is 0. The maximum Gasteiger partial charge on any atom is 0.574 e. The first-order valence-corrected chi connectivity index (χ1v) is 4.28. The lowest BCUT2D eigenvalue weighted by molar-refractivity contribution is -0.276. The van der Waals surface area contributed by atoms with E-state index in [2.05, 4.69) is 15.0 Å². The van der Waals surface area contributed by atoms with Crippen molar-refractivity contribution in [3.8, 4) is 11.6 Å². The Hall–Kier alpha value is -2.05. The van der Waals surface area contributed by atoms with Gasteiger partial charge in [-0.15, -0.1) is 13.2 Å². The smallest absolute Gasteiger partial charge is 0.384 e. The normalized spacial score (nSPS) is 11.4. The van der Waals surface area contributed by atoms with Crippen molar-refractivity contribution in [1.82, 2.24) is 15.0 Å². The van der Waals surface area contributed by atoms with E-state index in [0.717, 1.165) is 6.20 Å². The van der Waals surface area contributed by atoms with Crippen LogP contribution in [0.4, 0.5) is 13.2 Å². The molecule has 0 aliphatic rings. The zero-order valence-electron chi connectivity index (χ0n) is 7.85. The Kier molecular flexibility index (Phi) is 2.51. The van der Waals surface area contributed by atoms with E-state index in [0.29, 0.717) is 5.69 Å². The van der Waals surface area contributed by atoms with Crippen molar-refractivity contribution in [2.24, 2.45) is 0 Å². The average Bonchev–Trinajstić information content (AvgIpc) is 2.65.